The van der Waals surface area contributed by atoms with Crippen LogP contribution in [0.25, 0.3) is 10.8 Å². The van der Waals surface area contributed by atoms with Crippen molar-refractivity contribution >= 4 is 16.6 Å². The molecular weight excluding hydrogens is 263 g/mol. The fourth-order valence-electron chi connectivity index (χ4n) is 2.56. The molecule has 3 aromatic rings. The van der Waals surface area contributed by atoms with Gasteiger partial charge in [0.15, 0.2) is 0 Å². The Kier molecular flexibility index (Phi) is 3.57. The number of anilines is 1. The van der Waals surface area contributed by atoms with Crippen LogP contribution in [0.4, 0.5) is 10.2 Å². The molecule has 1 heterocycles. The number of fused-ring (bicyclic) bond motifs is 1. The van der Waals surface area contributed by atoms with Crippen molar-refractivity contribution in [2.24, 2.45) is 0 Å². The third kappa shape index (κ3) is 2.72. The first kappa shape index (κ1) is 13.6. The topological polar surface area (TPSA) is 24.9 Å². The lowest BCUT2D eigenvalue weighted by molar-refractivity contribution is 0.626. The lowest BCUT2D eigenvalue weighted by Gasteiger charge is -2.17. The summed E-state index contributed by atoms with van der Waals surface area (Å²) in [6.07, 6.45) is 1.81. The minimum atomic E-state index is -0.218. The van der Waals surface area contributed by atoms with Gasteiger partial charge in [0.05, 0.1) is 0 Å². The zero-order chi connectivity index (χ0) is 14.8. The Morgan fingerprint density at radius 3 is 2.57 bits per heavy atom. The van der Waals surface area contributed by atoms with Crippen LogP contribution < -0.4 is 5.32 Å². The number of aromatic nitrogens is 1. The minimum absolute atomic E-state index is 0.0586. The molecule has 3 rings (SSSR count). The van der Waals surface area contributed by atoms with E-state index in [1.165, 1.54) is 23.1 Å². The molecular formula is C18H17FN2. The Morgan fingerprint density at radius 2 is 1.81 bits per heavy atom. The normalized spacial score (nSPS) is 12.3. The predicted molar refractivity (Wildman–Crippen MR) is 84.9 cm³/mol. The number of aryl methyl sites for hydroxylation is 1. The average molecular weight is 280 g/mol. The number of nitrogens with zero attached hydrogens (tertiary/aromatic N) is 1. The maximum absolute atomic E-state index is 13.0. The van der Waals surface area contributed by atoms with Gasteiger partial charge in [-0.1, -0.05) is 30.3 Å². The van der Waals surface area contributed by atoms with Gasteiger partial charge in [-0.2, -0.15) is 0 Å². The molecule has 1 N–H and O–H groups in total. The molecule has 3 heteroatoms. The Morgan fingerprint density at radius 1 is 1.05 bits per heavy atom. The molecule has 0 spiro atoms. The van der Waals surface area contributed by atoms with E-state index in [9.17, 15) is 4.39 Å². The van der Waals surface area contributed by atoms with Crippen LogP contribution in [0.1, 0.15) is 24.1 Å². The molecule has 106 valence electrons. The standard InChI is InChI=1S/C18H17FN2/c1-12-4-3-5-15-10-11-20-18(17(12)15)21-13(2)14-6-8-16(19)9-7-14/h3-11,13H,1-2H3,(H,20,21). The van der Waals surface area contributed by atoms with Crippen LogP contribution in [0.15, 0.2) is 54.7 Å². The van der Waals surface area contributed by atoms with Crippen LogP contribution in [0.2, 0.25) is 0 Å². The van der Waals surface area contributed by atoms with Crippen LogP contribution >= 0.6 is 0 Å². The molecule has 0 aliphatic carbocycles. The molecule has 0 radical (unpaired) electrons. The number of hydrogen-bond donors (Lipinski definition) is 1. The van der Waals surface area contributed by atoms with Crippen LogP contribution in [-0.2, 0) is 0 Å². The van der Waals surface area contributed by atoms with E-state index < -0.39 is 0 Å². The van der Waals surface area contributed by atoms with Gasteiger partial charge < -0.3 is 5.32 Å². The molecule has 21 heavy (non-hydrogen) atoms. The van der Waals surface area contributed by atoms with Gasteiger partial charge in [0.1, 0.15) is 11.6 Å². The maximum atomic E-state index is 13.0. The SMILES string of the molecule is Cc1cccc2ccnc(NC(C)c3ccc(F)cc3)c12. The van der Waals surface area contributed by atoms with Crippen molar-refractivity contribution in [3.05, 3.63) is 71.7 Å². The van der Waals surface area contributed by atoms with Crippen molar-refractivity contribution in [3.8, 4) is 0 Å². The van der Waals surface area contributed by atoms with E-state index >= 15 is 0 Å². The lowest BCUT2D eigenvalue weighted by Crippen LogP contribution is -2.08. The minimum Gasteiger partial charge on any atom is -0.363 e. The summed E-state index contributed by atoms with van der Waals surface area (Å²) in [5, 5.41) is 5.73. The Bertz CT molecular complexity index is 761. The predicted octanol–water partition coefficient (Wildman–Crippen LogP) is 4.86. The van der Waals surface area contributed by atoms with E-state index in [2.05, 4.69) is 29.4 Å². The molecule has 2 aromatic carbocycles. The monoisotopic (exact) mass is 280 g/mol. The number of hydrogen-bond acceptors (Lipinski definition) is 2. The first-order valence-corrected chi connectivity index (χ1v) is 7.01. The first-order chi connectivity index (χ1) is 10.1. The van der Waals surface area contributed by atoms with E-state index in [4.69, 9.17) is 0 Å². The van der Waals surface area contributed by atoms with E-state index in [-0.39, 0.29) is 11.9 Å². The molecule has 1 aromatic heterocycles. The average Bonchev–Trinajstić information content (AvgIpc) is 2.48. The summed E-state index contributed by atoms with van der Waals surface area (Å²) in [5.41, 5.74) is 2.22. The molecule has 0 amide bonds. The van der Waals surface area contributed by atoms with Crippen molar-refractivity contribution < 1.29 is 4.39 Å². The third-order valence-corrected chi connectivity index (χ3v) is 3.72. The van der Waals surface area contributed by atoms with E-state index in [1.54, 1.807) is 12.1 Å². The second-order valence-electron chi connectivity index (χ2n) is 5.25. The van der Waals surface area contributed by atoms with Gasteiger partial charge in [-0.15, -0.1) is 0 Å². The molecule has 2 nitrogen and oxygen atoms in total. The largest absolute Gasteiger partial charge is 0.363 e. The molecule has 1 unspecified atom stereocenters. The smallest absolute Gasteiger partial charge is 0.134 e. The van der Waals surface area contributed by atoms with Gasteiger partial charge in [0.25, 0.3) is 0 Å². The summed E-state index contributed by atoms with van der Waals surface area (Å²) in [6, 6.07) is 14.8. The number of pyridine rings is 1. The van der Waals surface area contributed by atoms with E-state index in [0.29, 0.717) is 0 Å². The number of rotatable bonds is 3. The fourth-order valence-corrected chi connectivity index (χ4v) is 2.56. The lowest BCUT2D eigenvalue weighted by atomic mass is 10.1. The maximum Gasteiger partial charge on any atom is 0.134 e. The summed E-state index contributed by atoms with van der Waals surface area (Å²) in [5.74, 6) is 0.646. The summed E-state index contributed by atoms with van der Waals surface area (Å²) in [4.78, 5) is 4.47. The highest BCUT2D eigenvalue weighted by Gasteiger charge is 2.10. The zero-order valence-corrected chi connectivity index (χ0v) is 12.1. The van der Waals surface area contributed by atoms with Crippen LogP contribution in [0.5, 0.6) is 0 Å². The quantitative estimate of drug-likeness (QED) is 0.741. The van der Waals surface area contributed by atoms with Crippen molar-refractivity contribution in [3.63, 3.8) is 0 Å². The van der Waals surface area contributed by atoms with Crippen molar-refractivity contribution in [1.82, 2.24) is 4.98 Å². The molecule has 0 fully saturated rings. The molecule has 0 saturated carbocycles. The highest BCUT2D eigenvalue weighted by molar-refractivity contribution is 5.94. The fraction of sp³-hybridized carbons (Fsp3) is 0.167. The van der Waals surface area contributed by atoms with Gasteiger partial charge in [-0.25, -0.2) is 9.37 Å². The van der Waals surface area contributed by atoms with Crippen LogP contribution in [-0.4, -0.2) is 4.98 Å². The van der Waals surface area contributed by atoms with E-state index in [0.717, 1.165) is 16.8 Å². The molecule has 0 aliphatic rings. The molecule has 0 bridgehead atoms. The van der Waals surface area contributed by atoms with Crippen LogP contribution in [0.3, 0.4) is 0 Å². The summed E-state index contributed by atoms with van der Waals surface area (Å²) in [6.45, 7) is 4.13. The Balaban J connectivity index is 1.96. The second kappa shape index (κ2) is 5.52. The van der Waals surface area contributed by atoms with Gasteiger partial charge >= 0.3 is 0 Å². The number of benzene rings is 2. The van der Waals surface area contributed by atoms with Crippen molar-refractivity contribution in [1.29, 1.82) is 0 Å². The zero-order valence-electron chi connectivity index (χ0n) is 12.1. The van der Waals surface area contributed by atoms with Crippen LogP contribution in [0, 0.1) is 12.7 Å². The first-order valence-electron chi connectivity index (χ1n) is 7.01. The molecule has 0 saturated heterocycles. The van der Waals surface area contributed by atoms with Gasteiger partial charge in [-0.3, -0.25) is 0 Å². The van der Waals surface area contributed by atoms with Gasteiger partial charge in [0.2, 0.25) is 0 Å². The molecule has 0 aliphatic heterocycles. The molecule has 1 atom stereocenters. The summed E-state index contributed by atoms with van der Waals surface area (Å²) in [7, 11) is 0. The number of halogens is 1. The summed E-state index contributed by atoms with van der Waals surface area (Å²) >= 11 is 0. The van der Waals surface area contributed by atoms with Gasteiger partial charge in [-0.05, 0) is 48.6 Å². The highest BCUT2D eigenvalue weighted by atomic mass is 19.1. The second-order valence-corrected chi connectivity index (χ2v) is 5.25. The van der Waals surface area contributed by atoms with Crippen molar-refractivity contribution in [2.45, 2.75) is 19.9 Å². The third-order valence-electron chi connectivity index (χ3n) is 3.72. The Hall–Kier alpha value is -2.42. The van der Waals surface area contributed by atoms with E-state index in [1.807, 2.05) is 25.3 Å². The number of nitrogens with one attached hydrogen (secondary N) is 1. The Labute approximate surface area is 123 Å². The summed E-state index contributed by atoms with van der Waals surface area (Å²) < 4.78 is 13.0. The highest BCUT2D eigenvalue weighted by Crippen LogP contribution is 2.27. The van der Waals surface area contributed by atoms with Crippen molar-refractivity contribution in [2.75, 3.05) is 5.32 Å². The van der Waals surface area contributed by atoms with Gasteiger partial charge in [0, 0.05) is 17.6 Å².